The highest BCUT2D eigenvalue weighted by molar-refractivity contribution is 5.08. The van der Waals surface area contributed by atoms with Crippen LogP contribution < -0.4 is 0 Å². The molecule has 13 heavy (non-hydrogen) atoms. The molecule has 0 aliphatic carbocycles. The van der Waals surface area contributed by atoms with Crippen molar-refractivity contribution in [3.05, 3.63) is 24.0 Å². The quantitative estimate of drug-likeness (QED) is 0.718. The third-order valence-electron chi connectivity index (χ3n) is 2.17. The summed E-state index contributed by atoms with van der Waals surface area (Å²) in [6, 6.07) is 2.54. The van der Waals surface area contributed by atoms with Crippen molar-refractivity contribution in [2.45, 2.75) is 26.4 Å². The number of aromatic nitrogens is 1. The summed E-state index contributed by atoms with van der Waals surface area (Å²) in [4.78, 5) is 5.27. The van der Waals surface area contributed by atoms with E-state index in [-0.39, 0.29) is 6.61 Å². The summed E-state index contributed by atoms with van der Waals surface area (Å²) in [6.45, 7) is 6.15. The third-order valence-corrected chi connectivity index (χ3v) is 2.17. The summed E-state index contributed by atoms with van der Waals surface area (Å²) in [5.41, 5.74) is 1.27. The fraction of sp³-hybridized carbons (Fsp3) is 0.600. The van der Waals surface area contributed by atoms with Crippen molar-refractivity contribution < 1.29 is 5.11 Å². The minimum absolute atomic E-state index is 0.225. The average Bonchev–Trinajstić information content (AvgIpc) is 2.56. The van der Waals surface area contributed by atoms with Crippen LogP contribution in [0, 0.1) is 0 Å². The SMILES string of the molecule is CC(C)N(CCO)Cc1cc[nH]c1. The molecule has 3 heteroatoms. The van der Waals surface area contributed by atoms with Gasteiger partial charge in [-0.25, -0.2) is 0 Å². The van der Waals surface area contributed by atoms with Crippen molar-refractivity contribution in [1.29, 1.82) is 0 Å². The second kappa shape index (κ2) is 5.04. The van der Waals surface area contributed by atoms with Crippen LogP contribution in [0.15, 0.2) is 18.5 Å². The monoisotopic (exact) mass is 182 g/mol. The van der Waals surface area contributed by atoms with Gasteiger partial charge in [0.1, 0.15) is 0 Å². The second-order valence-electron chi connectivity index (χ2n) is 3.51. The summed E-state index contributed by atoms with van der Waals surface area (Å²) in [7, 11) is 0. The first-order chi connectivity index (χ1) is 6.24. The maximum atomic E-state index is 8.86. The van der Waals surface area contributed by atoms with Gasteiger partial charge in [0, 0.05) is 31.5 Å². The Kier molecular flexibility index (Phi) is 3.99. The average molecular weight is 182 g/mol. The standard InChI is InChI=1S/C10H18N2O/c1-9(2)12(5-6-13)8-10-3-4-11-7-10/h3-4,7,9,11,13H,5-6,8H2,1-2H3. The topological polar surface area (TPSA) is 39.3 Å². The van der Waals surface area contributed by atoms with Crippen LogP contribution in [0.25, 0.3) is 0 Å². The molecule has 2 N–H and O–H groups in total. The van der Waals surface area contributed by atoms with Crippen molar-refractivity contribution in [3.8, 4) is 0 Å². The molecule has 0 atom stereocenters. The molecule has 74 valence electrons. The fourth-order valence-corrected chi connectivity index (χ4v) is 1.34. The molecule has 0 amide bonds. The van der Waals surface area contributed by atoms with E-state index in [2.05, 4.69) is 29.8 Å². The van der Waals surface area contributed by atoms with E-state index in [9.17, 15) is 0 Å². The van der Waals surface area contributed by atoms with E-state index in [1.54, 1.807) is 0 Å². The Balaban J connectivity index is 2.47. The van der Waals surface area contributed by atoms with Crippen molar-refractivity contribution >= 4 is 0 Å². The Hall–Kier alpha value is -0.800. The molecule has 1 aromatic heterocycles. The van der Waals surface area contributed by atoms with Crippen molar-refractivity contribution in [3.63, 3.8) is 0 Å². The van der Waals surface area contributed by atoms with E-state index >= 15 is 0 Å². The zero-order valence-electron chi connectivity index (χ0n) is 8.33. The summed E-state index contributed by atoms with van der Waals surface area (Å²) in [5.74, 6) is 0. The van der Waals surface area contributed by atoms with Gasteiger partial charge in [-0.1, -0.05) is 0 Å². The van der Waals surface area contributed by atoms with Crippen LogP contribution in [0.1, 0.15) is 19.4 Å². The summed E-state index contributed by atoms with van der Waals surface area (Å²) in [6.07, 6.45) is 3.92. The van der Waals surface area contributed by atoms with E-state index in [1.807, 2.05) is 12.4 Å². The molecular weight excluding hydrogens is 164 g/mol. The molecule has 0 saturated carbocycles. The van der Waals surface area contributed by atoms with Crippen molar-refractivity contribution in [1.82, 2.24) is 9.88 Å². The Morgan fingerprint density at radius 2 is 2.31 bits per heavy atom. The lowest BCUT2D eigenvalue weighted by Crippen LogP contribution is -2.32. The summed E-state index contributed by atoms with van der Waals surface area (Å²) in [5, 5.41) is 8.86. The first-order valence-electron chi connectivity index (χ1n) is 4.70. The lowest BCUT2D eigenvalue weighted by Gasteiger charge is -2.24. The van der Waals surface area contributed by atoms with Gasteiger partial charge in [0.25, 0.3) is 0 Å². The molecule has 0 aromatic carbocycles. The lowest BCUT2D eigenvalue weighted by molar-refractivity contribution is 0.159. The molecule has 0 bridgehead atoms. The number of aliphatic hydroxyl groups excluding tert-OH is 1. The predicted molar refractivity (Wildman–Crippen MR) is 53.4 cm³/mol. The second-order valence-corrected chi connectivity index (χ2v) is 3.51. The van der Waals surface area contributed by atoms with E-state index in [0.717, 1.165) is 13.1 Å². The number of aliphatic hydroxyl groups is 1. The largest absolute Gasteiger partial charge is 0.395 e. The molecule has 1 heterocycles. The van der Waals surface area contributed by atoms with Gasteiger partial charge < -0.3 is 10.1 Å². The maximum absolute atomic E-state index is 8.86. The van der Waals surface area contributed by atoms with Gasteiger partial charge >= 0.3 is 0 Å². The molecule has 0 radical (unpaired) electrons. The predicted octanol–water partition coefficient (Wildman–Crippen LogP) is 1.22. The Morgan fingerprint density at radius 1 is 1.54 bits per heavy atom. The van der Waals surface area contributed by atoms with Crippen molar-refractivity contribution in [2.24, 2.45) is 0 Å². The van der Waals surface area contributed by atoms with Gasteiger partial charge in [-0.3, -0.25) is 4.90 Å². The van der Waals surface area contributed by atoms with E-state index < -0.39 is 0 Å². The number of hydrogen-bond donors (Lipinski definition) is 2. The number of nitrogens with zero attached hydrogens (tertiary/aromatic N) is 1. The molecule has 0 aliphatic heterocycles. The number of H-pyrrole nitrogens is 1. The van der Waals surface area contributed by atoms with Gasteiger partial charge in [-0.15, -0.1) is 0 Å². The molecule has 0 spiro atoms. The van der Waals surface area contributed by atoms with E-state index in [1.165, 1.54) is 5.56 Å². The normalized spacial score (nSPS) is 11.5. The first-order valence-corrected chi connectivity index (χ1v) is 4.70. The van der Waals surface area contributed by atoms with Gasteiger partial charge in [-0.2, -0.15) is 0 Å². The van der Waals surface area contributed by atoms with Crippen LogP contribution in [0.4, 0.5) is 0 Å². The smallest absolute Gasteiger partial charge is 0.0558 e. The zero-order valence-corrected chi connectivity index (χ0v) is 8.33. The minimum Gasteiger partial charge on any atom is -0.395 e. The molecular formula is C10H18N2O. The highest BCUT2D eigenvalue weighted by Crippen LogP contribution is 2.06. The van der Waals surface area contributed by atoms with Crippen molar-refractivity contribution in [2.75, 3.05) is 13.2 Å². The van der Waals surface area contributed by atoms with Crippen LogP contribution in [-0.4, -0.2) is 34.2 Å². The molecule has 0 aliphatic rings. The third kappa shape index (κ3) is 3.20. The van der Waals surface area contributed by atoms with E-state index in [0.29, 0.717) is 6.04 Å². The van der Waals surface area contributed by atoms with Crippen LogP contribution >= 0.6 is 0 Å². The minimum atomic E-state index is 0.225. The highest BCUT2D eigenvalue weighted by atomic mass is 16.3. The molecule has 1 rings (SSSR count). The van der Waals surface area contributed by atoms with Gasteiger partial charge in [0.05, 0.1) is 6.61 Å². The maximum Gasteiger partial charge on any atom is 0.0558 e. The Bertz CT molecular complexity index is 219. The van der Waals surface area contributed by atoms with E-state index in [4.69, 9.17) is 5.11 Å². The summed E-state index contributed by atoms with van der Waals surface area (Å²) >= 11 is 0. The molecule has 0 fully saturated rings. The van der Waals surface area contributed by atoms with Crippen LogP contribution in [0.3, 0.4) is 0 Å². The van der Waals surface area contributed by atoms with Crippen LogP contribution in [0.2, 0.25) is 0 Å². The molecule has 3 nitrogen and oxygen atoms in total. The van der Waals surface area contributed by atoms with Crippen LogP contribution in [-0.2, 0) is 6.54 Å². The van der Waals surface area contributed by atoms with Gasteiger partial charge in [0.2, 0.25) is 0 Å². The Morgan fingerprint density at radius 3 is 2.77 bits per heavy atom. The number of aromatic amines is 1. The molecule has 0 unspecified atom stereocenters. The zero-order chi connectivity index (χ0) is 9.68. The number of hydrogen-bond acceptors (Lipinski definition) is 2. The Labute approximate surface area is 79.4 Å². The first kappa shape index (κ1) is 10.3. The number of nitrogens with one attached hydrogen (secondary N) is 1. The van der Waals surface area contributed by atoms with Gasteiger partial charge in [-0.05, 0) is 25.5 Å². The molecule has 1 aromatic rings. The lowest BCUT2D eigenvalue weighted by atomic mass is 10.2. The highest BCUT2D eigenvalue weighted by Gasteiger charge is 2.08. The molecule has 0 saturated heterocycles. The fourth-order valence-electron chi connectivity index (χ4n) is 1.34. The summed E-state index contributed by atoms with van der Waals surface area (Å²) < 4.78 is 0. The number of rotatable bonds is 5. The van der Waals surface area contributed by atoms with Gasteiger partial charge in [0.15, 0.2) is 0 Å². The van der Waals surface area contributed by atoms with Crippen LogP contribution in [0.5, 0.6) is 0 Å².